The Morgan fingerprint density at radius 3 is 2.75 bits per heavy atom. The summed E-state index contributed by atoms with van der Waals surface area (Å²) < 4.78 is 1.86. The van der Waals surface area contributed by atoms with Gasteiger partial charge in [0.2, 0.25) is 0 Å². The van der Waals surface area contributed by atoms with Gasteiger partial charge in [-0.2, -0.15) is 0 Å². The van der Waals surface area contributed by atoms with Gasteiger partial charge in [0.05, 0.1) is 11.6 Å². The highest BCUT2D eigenvalue weighted by molar-refractivity contribution is 5.46. The van der Waals surface area contributed by atoms with E-state index in [-0.39, 0.29) is 5.56 Å². The quantitative estimate of drug-likeness (QED) is 0.762. The molecule has 1 aromatic rings. The van der Waals surface area contributed by atoms with E-state index in [9.17, 15) is 4.79 Å². The van der Waals surface area contributed by atoms with Crippen molar-refractivity contribution in [1.82, 2.24) is 9.78 Å². The maximum Gasteiger partial charge on any atom is 0.272 e. The summed E-state index contributed by atoms with van der Waals surface area (Å²) in [7, 11) is 0. The summed E-state index contributed by atoms with van der Waals surface area (Å²) in [5.74, 6) is 0.968. The summed E-state index contributed by atoms with van der Waals surface area (Å²) in [5.41, 5.74) is 1.17. The van der Waals surface area contributed by atoms with Crippen molar-refractivity contribution in [3.05, 3.63) is 15.9 Å². The average Bonchev–Trinajstić information content (AvgIpc) is 2.86. The minimum atomic E-state index is 0.210. The molecule has 3 rings (SSSR count). The van der Waals surface area contributed by atoms with Gasteiger partial charge >= 0.3 is 0 Å². The highest BCUT2D eigenvalue weighted by atomic mass is 16.1. The molecule has 2 heterocycles. The van der Waals surface area contributed by atoms with Crippen molar-refractivity contribution in [3.63, 3.8) is 0 Å². The van der Waals surface area contributed by atoms with E-state index in [2.05, 4.69) is 17.3 Å². The molecule has 88 valence electrons. The van der Waals surface area contributed by atoms with Crippen LogP contribution >= 0.6 is 0 Å². The van der Waals surface area contributed by atoms with E-state index in [0.29, 0.717) is 12.1 Å². The second-order valence-corrected chi connectivity index (χ2v) is 5.16. The number of aromatic nitrogens is 2. The fraction of sp³-hybridized carbons (Fsp3) is 0.750. The van der Waals surface area contributed by atoms with Crippen LogP contribution in [0.15, 0.2) is 4.79 Å². The molecular formula is C12H19N3O. The van der Waals surface area contributed by atoms with Crippen LogP contribution in [0.25, 0.3) is 0 Å². The Hall–Kier alpha value is -1.19. The van der Waals surface area contributed by atoms with Crippen LogP contribution < -0.4 is 10.9 Å². The molecule has 2 N–H and O–H groups in total. The minimum absolute atomic E-state index is 0.210. The number of H-pyrrole nitrogens is 1. The van der Waals surface area contributed by atoms with Crippen molar-refractivity contribution in [1.29, 1.82) is 0 Å². The lowest BCUT2D eigenvalue weighted by Gasteiger charge is -2.19. The lowest BCUT2D eigenvalue weighted by Crippen LogP contribution is -2.25. The second-order valence-electron chi connectivity index (χ2n) is 5.16. The number of nitrogens with one attached hydrogen (secondary N) is 2. The van der Waals surface area contributed by atoms with Gasteiger partial charge < -0.3 is 5.32 Å². The molecule has 0 saturated heterocycles. The highest BCUT2D eigenvalue weighted by Gasteiger charge is 2.25. The first kappa shape index (κ1) is 10.00. The van der Waals surface area contributed by atoms with Gasteiger partial charge in [0.15, 0.2) is 0 Å². The van der Waals surface area contributed by atoms with Crippen LogP contribution in [0.2, 0.25) is 0 Å². The van der Waals surface area contributed by atoms with Crippen LogP contribution in [0.1, 0.15) is 50.6 Å². The Balaban J connectivity index is 1.98. The standard InChI is InChI=1S/C12H19N3O/c1-8-6-7-10-11(13-8)14-15(12(10)16)9-4-2-3-5-9/h8-9,13-14H,2-7H2,1H3/t8-/m1/s1. The van der Waals surface area contributed by atoms with Gasteiger partial charge in [-0.1, -0.05) is 12.8 Å². The zero-order valence-corrected chi connectivity index (χ0v) is 9.75. The first-order valence-corrected chi connectivity index (χ1v) is 6.35. The van der Waals surface area contributed by atoms with Gasteiger partial charge in [0.25, 0.3) is 5.56 Å². The summed E-state index contributed by atoms with van der Waals surface area (Å²) in [6.07, 6.45) is 6.78. The maximum atomic E-state index is 12.2. The monoisotopic (exact) mass is 221 g/mol. The summed E-state index contributed by atoms with van der Waals surface area (Å²) in [6.45, 7) is 2.16. The first-order valence-electron chi connectivity index (χ1n) is 6.35. The fourth-order valence-corrected chi connectivity index (χ4v) is 2.94. The molecule has 1 saturated carbocycles. The molecule has 0 spiro atoms. The van der Waals surface area contributed by atoms with E-state index < -0.39 is 0 Å². The van der Waals surface area contributed by atoms with Crippen molar-refractivity contribution in [2.45, 2.75) is 57.5 Å². The smallest absolute Gasteiger partial charge is 0.272 e. The molecule has 0 bridgehead atoms. The van der Waals surface area contributed by atoms with E-state index in [0.717, 1.165) is 37.1 Å². The van der Waals surface area contributed by atoms with Gasteiger partial charge in [0, 0.05) is 6.04 Å². The molecule has 1 aromatic heterocycles. The van der Waals surface area contributed by atoms with Gasteiger partial charge in [-0.3, -0.25) is 9.89 Å². The third-order valence-corrected chi connectivity index (χ3v) is 3.92. The Morgan fingerprint density at radius 2 is 2.00 bits per heavy atom. The summed E-state index contributed by atoms with van der Waals surface area (Å²) >= 11 is 0. The Kier molecular flexibility index (Phi) is 2.30. The largest absolute Gasteiger partial charge is 0.368 e. The average molecular weight is 221 g/mol. The van der Waals surface area contributed by atoms with Crippen LogP contribution in [0, 0.1) is 0 Å². The molecular weight excluding hydrogens is 202 g/mol. The molecule has 1 aliphatic carbocycles. The molecule has 16 heavy (non-hydrogen) atoms. The normalized spacial score (nSPS) is 25.4. The SMILES string of the molecule is C[C@@H]1CCc2c([nH]n(C3CCCC3)c2=O)N1. The third-order valence-electron chi connectivity index (χ3n) is 3.92. The molecule has 0 aromatic carbocycles. The first-order chi connectivity index (χ1) is 7.75. The Bertz CT molecular complexity index is 440. The van der Waals surface area contributed by atoms with Crippen molar-refractivity contribution in [3.8, 4) is 0 Å². The number of fused-ring (bicyclic) bond motifs is 1. The molecule has 0 amide bonds. The molecule has 1 atom stereocenters. The minimum Gasteiger partial charge on any atom is -0.368 e. The van der Waals surface area contributed by atoms with E-state index in [1.54, 1.807) is 0 Å². The molecule has 2 aliphatic rings. The number of aromatic amines is 1. The molecule has 1 aliphatic heterocycles. The third kappa shape index (κ3) is 1.47. The summed E-state index contributed by atoms with van der Waals surface area (Å²) in [5, 5.41) is 6.64. The summed E-state index contributed by atoms with van der Waals surface area (Å²) in [6, 6.07) is 0.887. The highest BCUT2D eigenvalue weighted by Crippen LogP contribution is 2.29. The van der Waals surface area contributed by atoms with Crippen LogP contribution in [-0.4, -0.2) is 15.8 Å². The zero-order chi connectivity index (χ0) is 11.1. The number of anilines is 1. The lowest BCUT2D eigenvalue weighted by molar-refractivity contribution is 0.455. The van der Waals surface area contributed by atoms with Crippen molar-refractivity contribution < 1.29 is 0 Å². The predicted molar refractivity (Wildman–Crippen MR) is 64.0 cm³/mol. The number of rotatable bonds is 1. The van der Waals surface area contributed by atoms with Gasteiger partial charge in [-0.25, -0.2) is 4.68 Å². The van der Waals surface area contributed by atoms with Crippen molar-refractivity contribution in [2.75, 3.05) is 5.32 Å². The van der Waals surface area contributed by atoms with Crippen LogP contribution in [0.5, 0.6) is 0 Å². The van der Waals surface area contributed by atoms with Gasteiger partial charge in [-0.15, -0.1) is 0 Å². The predicted octanol–water partition coefficient (Wildman–Crippen LogP) is 2.04. The second kappa shape index (κ2) is 3.68. The Morgan fingerprint density at radius 1 is 1.25 bits per heavy atom. The van der Waals surface area contributed by atoms with Crippen molar-refractivity contribution in [2.24, 2.45) is 0 Å². The van der Waals surface area contributed by atoms with E-state index >= 15 is 0 Å². The zero-order valence-electron chi connectivity index (χ0n) is 9.75. The topological polar surface area (TPSA) is 49.8 Å². The van der Waals surface area contributed by atoms with Crippen LogP contribution in [0.3, 0.4) is 0 Å². The summed E-state index contributed by atoms with van der Waals surface area (Å²) in [4.78, 5) is 12.2. The van der Waals surface area contributed by atoms with Gasteiger partial charge in [0.1, 0.15) is 5.82 Å². The van der Waals surface area contributed by atoms with Gasteiger partial charge in [-0.05, 0) is 32.6 Å². The fourth-order valence-electron chi connectivity index (χ4n) is 2.94. The Labute approximate surface area is 95.0 Å². The number of hydrogen-bond acceptors (Lipinski definition) is 2. The molecule has 0 unspecified atom stereocenters. The van der Waals surface area contributed by atoms with E-state index in [1.165, 1.54) is 12.8 Å². The van der Waals surface area contributed by atoms with Crippen molar-refractivity contribution >= 4 is 5.82 Å². The molecule has 1 fully saturated rings. The maximum absolute atomic E-state index is 12.2. The van der Waals surface area contributed by atoms with Crippen LogP contribution in [-0.2, 0) is 6.42 Å². The van der Waals surface area contributed by atoms with E-state index in [1.807, 2.05) is 4.68 Å². The molecule has 0 radical (unpaired) electrons. The lowest BCUT2D eigenvalue weighted by atomic mass is 10.0. The molecule has 4 nitrogen and oxygen atoms in total. The number of nitrogens with zero attached hydrogens (tertiary/aromatic N) is 1. The number of hydrogen-bond donors (Lipinski definition) is 2. The van der Waals surface area contributed by atoms with Crippen LogP contribution in [0.4, 0.5) is 5.82 Å². The van der Waals surface area contributed by atoms with E-state index in [4.69, 9.17) is 0 Å². The molecule has 4 heteroatoms.